The number of ether oxygens (including phenoxy) is 1. The molecule has 0 amide bonds. The average molecular weight is 241 g/mol. The summed E-state index contributed by atoms with van der Waals surface area (Å²) in [5.41, 5.74) is 0.177. The van der Waals surface area contributed by atoms with Gasteiger partial charge in [-0.2, -0.15) is 0 Å². The minimum Gasteiger partial charge on any atom is -0.481 e. The Balaban J connectivity index is 1.81. The lowest BCUT2D eigenvalue weighted by Gasteiger charge is -2.53. The van der Waals surface area contributed by atoms with E-state index in [0.29, 0.717) is 18.3 Å². The van der Waals surface area contributed by atoms with Crippen LogP contribution in [0.4, 0.5) is 0 Å². The molecule has 2 aliphatic rings. The van der Waals surface area contributed by atoms with Gasteiger partial charge in [0.05, 0.1) is 13.2 Å². The van der Waals surface area contributed by atoms with Gasteiger partial charge in [0.1, 0.15) is 0 Å². The van der Waals surface area contributed by atoms with Gasteiger partial charge < -0.3 is 9.84 Å². The van der Waals surface area contributed by atoms with E-state index in [2.05, 4.69) is 18.7 Å². The van der Waals surface area contributed by atoms with Gasteiger partial charge in [-0.1, -0.05) is 13.8 Å². The Hall–Kier alpha value is -0.610. The SMILES string of the molecule is CC1(C)C(CC(=O)O)CC1CN1CCOCC1. The lowest BCUT2D eigenvalue weighted by molar-refractivity contribution is -0.144. The van der Waals surface area contributed by atoms with Crippen LogP contribution in [0.15, 0.2) is 0 Å². The average Bonchev–Trinajstić information content (AvgIpc) is 2.28. The predicted molar refractivity (Wildman–Crippen MR) is 64.9 cm³/mol. The molecule has 0 spiro atoms. The zero-order valence-electron chi connectivity index (χ0n) is 10.8. The normalized spacial score (nSPS) is 33.1. The summed E-state index contributed by atoms with van der Waals surface area (Å²) in [7, 11) is 0. The second kappa shape index (κ2) is 4.94. The zero-order chi connectivity index (χ0) is 12.5. The Morgan fingerprint density at radius 2 is 2.00 bits per heavy atom. The van der Waals surface area contributed by atoms with E-state index in [-0.39, 0.29) is 5.41 Å². The number of carboxylic acid groups (broad SMARTS) is 1. The van der Waals surface area contributed by atoms with Crippen molar-refractivity contribution >= 4 is 5.97 Å². The molecule has 1 N–H and O–H groups in total. The molecule has 1 heterocycles. The molecule has 4 heteroatoms. The Kier molecular flexibility index (Phi) is 3.73. The van der Waals surface area contributed by atoms with Crippen LogP contribution >= 0.6 is 0 Å². The third kappa shape index (κ3) is 2.80. The zero-order valence-corrected chi connectivity index (χ0v) is 10.8. The molecule has 0 radical (unpaired) electrons. The highest BCUT2D eigenvalue weighted by Crippen LogP contribution is 2.53. The van der Waals surface area contributed by atoms with Crippen LogP contribution < -0.4 is 0 Å². The van der Waals surface area contributed by atoms with E-state index < -0.39 is 5.97 Å². The van der Waals surface area contributed by atoms with Gasteiger partial charge in [-0.05, 0) is 23.7 Å². The maximum absolute atomic E-state index is 10.8. The maximum atomic E-state index is 10.8. The van der Waals surface area contributed by atoms with Crippen LogP contribution in [0.2, 0.25) is 0 Å². The van der Waals surface area contributed by atoms with Gasteiger partial charge in [-0.25, -0.2) is 0 Å². The molecular formula is C13H23NO3. The smallest absolute Gasteiger partial charge is 0.303 e. The summed E-state index contributed by atoms with van der Waals surface area (Å²) in [4.78, 5) is 13.2. The highest BCUT2D eigenvalue weighted by Gasteiger charge is 2.48. The molecule has 2 rings (SSSR count). The molecular weight excluding hydrogens is 218 g/mol. The van der Waals surface area contributed by atoms with Crippen molar-refractivity contribution in [2.24, 2.45) is 17.3 Å². The quantitative estimate of drug-likeness (QED) is 0.809. The van der Waals surface area contributed by atoms with Gasteiger partial charge in [0.2, 0.25) is 0 Å². The molecule has 17 heavy (non-hydrogen) atoms. The van der Waals surface area contributed by atoms with Crippen molar-refractivity contribution in [2.45, 2.75) is 26.7 Å². The van der Waals surface area contributed by atoms with Crippen molar-refractivity contribution in [3.05, 3.63) is 0 Å². The highest BCUT2D eigenvalue weighted by molar-refractivity contribution is 5.67. The summed E-state index contributed by atoms with van der Waals surface area (Å²) in [5.74, 6) is 0.337. The van der Waals surface area contributed by atoms with Crippen molar-refractivity contribution in [1.29, 1.82) is 0 Å². The summed E-state index contributed by atoms with van der Waals surface area (Å²) in [6.45, 7) is 9.26. The maximum Gasteiger partial charge on any atom is 0.303 e. The molecule has 2 unspecified atom stereocenters. The number of hydrogen-bond acceptors (Lipinski definition) is 3. The van der Waals surface area contributed by atoms with Crippen LogP contribution in [0.3, 0.4) is 0 Å². The van der Waals surface area contributed by atoms with Gasteiger partial charge in [0.15, 0.2) is 0 Å². The van der Waals surface area contributed by atoms with Crippen LogP contribution in [0.1, 0.15) is 26.7 Å². The largest absolute Gasteiger partial charge is 0.481 e. The van der Waals surface area contributed by atoms with Crippen molar-refractivity contribution in [3.8, 4) is 0 Å². The number of rotatable bonds is 4. The van der Waals surface area contributed by atoms with Gasteiger partial charge in [0.25, 0.3) is 0 Å². The second-order valence-electron chi connectivity index (χ2n) is 5.96. The van der Waals surface area contributed by atoms with E-state index in [1.165, 1.54) is 0 Å². The third-order valence-electron chi connectivity index (χ3n) is 4.68. The predicted octanol–water partition coefficient (Wildman–Crippen LogP) is 1.46. The fraction of sp³-hybridized carbons (Fsp3) is 0.923. The van der Waals surface area contributed by atoms with Crippen molar-refractivity contribution in [1.82, 2.24) is 4.90 Å². The highest BCUT2D eigenvalue weighted by atomic mass is 16.5. The molecule has 98 valence electrons. The molecule has 2 fully saturated rings. The molecule has 2 atom stereocenters. The molecule has 0 aromatic rings. The number of carboxylic acids is 1. The monoisotopic (exact) mass is 241 g/mol. The van der Waals surface area contributed by atoms with E-state index in [4.69, 9.17) is 9.84 Å². The van der Waals surface area contributed by atoms with Gasteiger partial charge >= 0.3 is 5.97 Å². The number of aliphatic carboxylic acids is 1. The molecule has 1 aliphatic heterocycles. The van der Waals surface area contributed by atoms with E-state index in [9.17, 15) is 4.79 Å². The Labute approximate surface area is 103 Å². The number of carbonyl (C=O) groups is 1. The lowest BCUT2D eigenvalue weighted by atomic mass is 9.53. The molecule has 0 bridgehead atoms. The number of morpholine rings is 1. The molecule has 1 saturated heterocycles. The molecule has 1 saturated carbocycles. The fourth-order valence-corrected chi connectivity index (χ4v) is 3.09. The number of nitrogens with zero attached hydrogens (tertiary/aromatic N) is 1. The van der Waals surface area contributed by atoms with E-state index in [1.54, 1.807) is 0 Å². The van der Waals surface area contributed by atoms with Crippen LogP contribution in [0.5, 0.6) is 0 Å². The summed E-state index contributed by atoms with van der Waals surface area (Å²) in [5, 5.41) is 8.86. The summed E-state index contributed by atoms with van der Waals surface area (Å²) < 4.78 is 5.34. The van der Waals surface area contributed by atoms with Crippen molar-refractivity contribution in [2.75, 3.05) is 32.8 Å². The van der Waals surface area contributed by atoms with Crippen LogP contribution in [0.25, 0.3) is 0 Å². The lowest BCUT2D eigenvalue weighted by Crippen LogP contribution is -2.52. The van der Waals surface area contributed by atoms with E-state index in [1.807, 2.05) is 0 Å². The topological polar surface area (TPSA) is 49.8 Å². The minimum absolute atomic E-state index is 0.177. The summed E-state index contributed by atoms with van der Waals surface area (Å²) in [6.07, 6.45) is 1.39. The van der Waals surface area contributed by atoms with Gasteiger partial charge in [0, 0.05) is 26.1 Å². The fourth-order valence-electron chi connectivity index (χ4n) is 3.09. The second-order valence-corrected chi connectivity index (χ2v) is 5.96. The Bertz CT molecular complexity index is 284. The van der Waals surface area contributed by atoms with E-state index in [0.717, 1.165) is 39.3 Å². The van der Waals surface area contributed by atoms with E-state index >= 15 is 0 Å². The van der Waals surface area contributed by atoms with Gasteiger partial charge in [-0.3, -0.25) is 9.69 Å². The minimum atomic E-state index is -0.659. The molecule has 4 nitrogen and oxygen atoms in total. The van der Waals surface area contributed by atoms with Crippen LogP contribution in [-0.4, -0.2) is 48.8 Å². The Morgan fingerprint density at radius 1 is 1.35 bits per heavy atom. The molecule has 0 aromatic heterocycles. The summed E-state index contributed by atoms with van der Waals surface area (Å²) >= 11 is 0. The first kappa shape index (κ1) is 12.8. The van der Waals surface area contributed by atoms with Gasteiger partial charge in [-0.15, -0.1) is 0 Å². The first-order chi connectivity index (χ1) is 8.00. The third-order valence-corrected chi connectivity index (χ3v) is 4.68. The van der Waals surface area contributed by atoms with Crippen molar-refractivity contribution < 1.29 is 14.6 Å². The first-order valence-electron chi connectivity index (χ1n) is 6.52. The van der Waals surface area contributed by atoms with Crippen molar-refractivity contribution in [3.63, 3.8) is 0 Å². The molecule has 1 aliphatic carbocycles. The number of hydrogen-bond donors (Lipinski definition) is 1. The first-order valence-corrected chi connectivity index (χ1v) is 6.52. The van der Waals surface area contributed by atoms with Crippen LogP contribution in [0, 0.1) is 17.3 Å². The summed E-state index contributed by atoms with van der Waals surface area (Å²) in [6, 6.07) is 0. The molecule has 0 aromatic carbocycles. The standard InChI is InChI=1S/C13H23NO3/c1-13(2)10(8-12(15)16)7-11(13)9-14-3-5-17-6-4-14/h10-11H,3-9H2,1-2H3,(H,15,16). The van der Waals surface area contributed by atoms with Crippen LogP contribution in [-0.2, 0) is 9.53 Å². The Morgan fingerprint density at radius 3 is 2.53 bits per heavy atom.